The van der Waals surface area contributed by atoms with Crippen LogP contribution in [0.3, 0.4) is 0 Å². The van der Waals surface area contributed by atoms with Gasteiger partial charge in [0, 0.05) is 48.2 Å². The summed E-state index contributed by atoms with van der Waals surface area (Å²) in [6, 6.07) is 6.75. The molecular formula is C19H17N3NaO9S2. The number of rotatable bonds is 5. The second kappa shape index (κ2) is 9.95. The first-order valence-corrected chi connectivity index (χ1v) is 11.8. The van der Waals surface area contributed by atoms with Gasteiger partial charge in [0.05, 0.1) is 16.0 Å². The molecule has 0 bridgehead atoms. The molecule has 3 aromatic rings. The fourth-order valence-electron chi connectivity index (χ4n) is 3.03. The van der Waals surface area contributed by atoms with Crippen molar-refractivity contribution in [1.82, 2.24) is 0 Å². The minimum Gasteiger partial charge on any atom is -0.507 e. The molecule has 3 aromatic carbocycles. The fourth-order valence-corrected chi connectivity index (χ4v) is 4.23. The van der Waals surface area contributed by atoms with Crippen LogP contribution >= 0.6 is 0 Å². The average molecular weight is 518 g/mol. The van der Waals surface area contributed by atoms with E-state index in [-0.39, 0.29) is 51.9 Å². The van der Waals surface area contributed by atoms with Crippen LogP contribution in [-0.4, -0.2) is 71.6 Å². The quantitative estimate of drug-likeness (QED) is 0.191. The van der Waals surface area contributed by atoms with Gasteiger partial charge in [-0.15, -0.1) is 5.11 Å². The zero-order chi connectivity index (χ0) is 24.7. The maximum absolute atomic E-state index is 11.9. The van der Waals surface area contributed by atoms with E-state index in [1.54, 1.807) is 13.0 Å². The van der Waals surface area contributed by atoms with Crippen LogP contribution in [0.5, 0.6) is 11.5 Å². The molecule has 15 heteroatoms. The Morgan fingerprint density at radius 2 is 1.59 bits per heavy atom. The topological polar surface area (TPSA) is 203 Å². The minimum absolute atomic E-state index is 0. The van der Waals surface area contributed by atoms with E-state index < -0.39 is 47.2 Å². The second-order valence-electron chi connectivity index (χ2n) is 6.95. The van der Waals surface area contributed by atoms with Crippen molar-refractivity contribution in [2.75, 3.05) is 5.32 Å². The predicted molar refractivity (Wildman–Crippen MR) is 122 cm³/mol. The summed E-state index contributed by atoms with van der Waals surface area (Å²) in [7, 11) is -9.77. The Labute approximate surface area is 216 Å². The van der Waals surface area contributed by atoms with E-state index in [0.29, 0.717) is 17.3 Å². The molecule has 12 nitrogen and oxygen atoms in total. The monoisotopic (exact) mass is 518 g/mol. The number of azo groups is 1. The number of aromatic hydroxyl groups is 2. The van der Waals surface area contributed by atoms with Crippen LogP contribution in [0, 0.1) is 6.92 Å². The number of nitrogens with one attached hydrogen (secondary N) is 1. The predicted octanol–water partition coefficient (Wildman–Crippen LogP) is 3.05. The van der Waals surface area contributed by atoms with Gasteiger partial charge >= 0.3 is 0 Å². The molecule has 1 radical (unpaired) electrons. The van der Waals surface area contributed by atoms with Crippen LogP contribution in [0.1, 0.15) is 12.5 Å². The van der Waals surface area contributed by atoms with Crippen molar-refractivity contribution < 1.29 is 40.9 Å². The number of aryl methyl sites for hydroxylation is 1. The van der Waals surface area contributed by atoms with E-state index in [9.17, 15) is 40.9 Å². The Bertz CT molecular complexity index is 1550. The number of carbonyl (C=O) groups excluding carboxylic acids is 1. The van der Waals surface area contributed by atoms with Crippen LogP contribution in [0.2, 0.25) is 0 Å². The van der Waals surface area contributed by atoms with Crippen molar-refractivity contribution in [3.8, 4) is 11.5 Å². The summed E-state index contributed by atoms with van der Waals surface area (Å²) in [6.07, 6.45) is 0. The fraction of sp³-hybridized carbons (Fsp3) is 0.105. The first kappa shape index (κ1) is 27.7. The third-order valence-corrected chi connectivity index (χ3v) is 6.15. The number of phenolic OH excluding ortho intramolecular Hbond substituents is 2. The van der Waals surface area contributed by atoms with Gasteiger partial charge in [-0.05, 0) is 48.2 Å². The molecule has 0 aliphatic carbocycles. The van der Waals surface area contributed by atoms with Crippen molar-refractivity contribution in [3.63, 3.8) is 0 Å². The molecule has 0 atom stereocenters. The summed E-state index contributed by atoms with van der Waals surface area (Å²) in [6.45, 7) is 2.96. The van der Waals surface area contributed by atoms with Gasteiger partial charge in [0.2, 0.25) is 5.91 Å². The Morgan fingerprint density at radius 3 is 2.12 bits per heavy atom. The Kier molecular flexibility index (Phi) is 8.09. The van der Waals surface area contributed by atoms with Crippen molar-refractivity contribution >= 4 is 83.5 Å². The molecule has 0 unspecified atom stereocenters. The summed E-state index contributed by atoms with van der Waals surface area (Å²) in [5.74, 6) is -2.00. The number of phenols is 2. The first-order chi connectivity index (χ1) is 15.2. The second-order valence-corrected chi connectivity index (χ2v) is 9.76. The summed E-state index contributed by atoms with van der Waals surface area (Å²) in [4.78, 5) is 9.48. The van der Waals surface area contributed by atoms with Gasteiger partial charge in [-0.3, -0.25) is 13.9 Å². The Morgan fingerprint density at radius 1 is 0.941 bits per heavy atom. The van der Waals surface area contributed by atoms with Crippen LogP contribution in [0.25, 0.3) is 10.8 Å². The average Bonchev–Trinajstić information content (AvgIpc) is 2.65. The first-order valence-electron chi connectivity index (χ1n) is 8.96. The van der Waals surface area contributed by atoms with Gasteiger partial charge in [-0.25, -0.2) is 0 Å². The van der Waals surface area contributed by atoms with Crippen LogP contribution in [-0.2, 0) is 25.0 Å². The molecular weight excluding hydrogens is 501 g/mol. The van der Waals surface area contributed by atoms with E-state index in [1.807, 2.05) is 0 Å². The third-order valence-electron chi connectivity index (χ3n) is 4.45. The molecule has 0 fully saturated rings. The number of fused-ring (bicyclic) bond motifs is 1. The Hall–Kier alpha value is -2.59. The van der Waals surface area contributed by atoms with E-state index in [4.69, 9.17) is 0 Å². The maximum atomic E-state index is 11.9. The molecule has 0 aliphatic rings. The number of hydrogen-bond donors (Lipinski definition) is 5. The molecule has 175 valence electrons. The molecule has 0 spiro atoms. The van der Waals surface area contributed by atoms with Crippen LogP contribution < -0.4 is 5.32 Å². The van der Waals surface area contributed by atoms with E-state index in [0.717, 1.165) is 12.1 Å². The molecule has 0 heterocycles. The Balaban J connectivity index is 0.00000408. The largest absolute Gasteiger partial charge is 0.507 e. The molecule has 0 aromatic heterocycles. The van der Waals surface area contributed by atoms with E-state index in [2.05, 4.69) is 15.5 Å². The number of anilines is 1. The molecule has 1 amide bonds. The van der Waals surface area contributed by atoms with Gasteiger partial charge in [0.25, 0.3) is 20.2 Å². The van der Waals surface area contributed by atoms with Crippen LogP contribution in [0.4, 0.5) is 17.1 Å². The molecule has 0 saturated heterocycles. The normalized spacial score (nSPS) is 12.0. The smallest absolute Gasteiger partial charge is 0.296 e. The van der Waals surface area contributed by atoms with E-state index >= 15 is 0 Å². The van der Waals surface area contributed by atoms with Gasteiger partial charge in [-0.2, -0.15) is 21.9 Å². The van der Waals surface area contributed by atoms with Crippen molar-refractivity contribution in [2.24, 2.45) is 10.2 Å². The van der Waals surface area contributed by atoms with Gasteiger partial charge < -0.3 is 15.5 Å². The number of hydrogen-bond acceptors (Lipinski definition) is 9. The number of benzene rings is 3. The van der Waals surface area contributed by atoms with Gasteiger partial charge in [0.15, 0.2) is 5.75 Å². The van der Waals surface area contributed by atoms with E-state index in [1.165, 1.54) is 19.1 Å². The summed E-state index contributed by atoms with van der Waals surface area (Å²) >= 11 is 0. The van der Waals surface area contributed by atoms with Gasteiger partial charge in [-0.1, -0.05) is 0 Å². The molecule has 3 rings (SSSR count). The number of nitrogens with zero attached hydrogens (tertiary/aromatic N) is 2. The molecule has 34 heavy (non-hydrogen) atoms. The zero-order valence-electron chi connectivity index (χ0n) is 18.0. The summed E-state index contributed by atoms with van der Waals surface area (Å²) in [5.41, 5.74) is 0.520. The van der Waals surface area contributed by atoms with Crippen molar-refractivity contribution in [3.05, 3.63) is 42.0 Å². The molecule has 0 aliphatic heterocycles. The molecule has 0 saturated carbocycles. The van der Waals surface area contributed by atoms with Crippen molar-refractivity contribution in [2.45, 2.75) is 23.6 Å². The van der Waals surface area contributed by atoms with Crippen molar-refractivity contribution in [1.29, 1.82) is 0 Å². The number of carbonyl (C=O) groups is 1. The third kappa shape index (κ3) is 5.90. The number of amides is 1. The summed E-state index contributed by atoms with van der Waals surface area (Å²) in [5, 5.41) is 30.3. The standard InChI is InChI=1S/C19H17N3O9S2.Na/c1-9-5-12(20-10(2)23)3-4-14(9)21-22-18-16(33(29,30)31)7-11-6-13(32(26,27)28)8-15(24)17(11)19(18)25;/h3-8,24-25H,1-2H3,(H,20,23)(H,26,27,28)(H,29,30,31);. The maximum Gasteiger partial charge on any atom is 0.296 e. The SMILES string of the molecule is CC(=O)Nc1ccc(N=Nc2c(S(=O)(=O)O)cc3cc(S(=O)(=O)O)cc(O)c3c2O)c(C)c1.[Na]. The van der Waals surface area contributed by atoms with Crippen LogP contribution in [0.15, 0.2) is 56.4 Å². The summed E-state index contributed by atoms with van der Waals surface area (Å²) < 4.78 is 65.4. The molecule has 5 N–H and O–H groups in total. The van der Waals surface area contributed by atoms with Gasteiger partial charge in [0.1, 0.15) is 16.3 Å². The zero-order valence-corrected chi connectivity index (χ0v) is 21.6. The minimum atomic E-state index is -5.00.